The van der Waals surface area contributed by atoms with Crippen LogP contribution in [0.2, 0.25) is 0 Å². The molecule has 2 aromatic carbocycles. The minimum absolute atomic E-state index is 0. The molecule has 0 fully saturated rings. The molecule has 0 aromatic heterocycles. The van der Waals surface area contributed by atoms with Crippen LogP contribution in [-0.2, 0) is 13.0 Å². The summed E-state index contributed by atoms with van der Waals surface area (Å²) in [5.41, 5.74) is 2.23. The van der Waals surface area contributed by atoms with E-state index in [1.54, 1.807) is 14.2 Å². The first-order valence-corrected chi connectivity index (χ1v) is 8.79. The average molecular weight is 478 g/mol. The normalized spacial score (nSPS) is 11.8. The SMILES string of the molecule is COc1cc(CCNCc2cccc3c2OCO3)c(OC)cc1I.Cl. The van der Waals surface area contributed by atoms with E-state index in [2.05, 4.69) is 34.0 Å². The molecule has 7 heteroatoms. The summed E-state index contributed by atoms with van der Waals surface area (Å²) in [6.45, 7) is 1.85. The molecule has 3 rings (SSSR count). The van der Waals surface area contributed by atoms with Gasteiger partial charge in [-0.25, -0.2) is 0 Å². The number of rotatable bonds is 7. The Labute approximate surface area is 167 Å². The monoisotopic (exact) mass is 477 g/mol. The van der Waals surface area contributed by atoms with Crippen molar-refractivity contribution in [3.63, 3.8) is 0 Å². The second-order valence-corrected chi connectivity index (χ2v) is 6.54. The zero-order valence-corrected chi connectivity index (χ0v) is 17.1. The van der Waals surface area contributed by atoms with Gasteiger partial charge in [-0.1, -0.05) is 12.1 Å². The van der Waals surface area contributed by atoms with E-state index < -0.39 is 0 Å². The van der Waals surface area contributed by atoms with Crippen molar-refractivity contribution in [2.45, 2.75) is 13.0 Å². The maximum atomic E-state index is 5.53. The van der Waals surface area contributed by atoms with Crippen LogP contribution in [-0.4, -0.2) is 27.6 Å². The van der Waals surface area contributed by atoms with Crippen LogP contribution in [0, 0.1) is 3.57 Å². The fraction of sp³-hybridized carbons (Fsp3) is 0.333. The van der Waals surface area contributed by atoms with E-state index in [0.717, 1.165) is 57.2 Å². The van der Waals surface area contributed by atoms with Crippen molar-refractivity contribution in [2.24, 2.45) is 0 Å². The molecule has 1 N–H and O–H groups in total. The molecule has 0 radical (unpaired) electrons. The largest absolute Gasteiger partial charge is 0.496 e. The van der Waals surface area contributed by atoms with Crippen molar-refractivity contribution >= 4 is 35.0 Å². The zero-order valence-electron chi connectivity index (χ0n) is 14.1. The standard InChI is InChI=1S/C18H20INO4.ClH/c1-21-16-9-14(19)17(22-2)8-12(16)6-7-20-10-13-4-3-5-15-18(13)24-11-23-15;/h3-5,8-9,20H,6-7,10-11H2,1-2H3;1H. The molecule has 1 heterocycles. The number of halogens is 2. The Bertz CT molecular complexity index is 726. The van der Waals surface area contributed by atoms with Gasteiger partial charge in [0.15, 0.2) is 11.5 Å². The van der Waals surface area contributed by atoms with Gasteiger partial charge in [-0.05, 0) is 59.3 Å². The van der Waals surface area contributed by atoms with Gasteiger partial charge < -0.3 is 24.3 Å². The van der Waals surface area contributed by atoms with Crippen LogP contribution >= 0.6 is 35.0 Å². The minimum atomic E-state index is 0. The number of fused-ring (bicyclic) bond motifs is 1. The lowest BCUT2D eigenvalue weighted by atomic mass is 10.1. The molecule has 5 nitrogen and oxygen atoms in total. The van der Waals surface area contributed by atoms with Gasteiger partial charge in [0.05, 0.1) is 17.8 Å². The molecule has 25 heavy (non-hydrogen) atoms. The molecule has 1 aliphatic rings. The van der Waals surface area contributed by atoms with E-state index in [9.17, 15) is 0 Å². The molecule has 1 aliphatic heterocycles. The van der Waals surface area contributed by atoms with Gasteiger partial charge in [0.1, 0.15) is 11.5 Å². The van der Waals surface area contributed by atoms with Crippen molar-refractivity contribution in [1.29, 1.82) is 0 Å². The quantitative estimate of drug-likeness (QED) is 0.486. The summed E-state index contributed by atoms with van der Waals surface area (Å²) in [4.78, 5) is 0. The summed E-state index contributed by atoms with van der Waals surface area (Å²) in [7, 11) is 3.38. The first-order valence-electron chi connectivity index (χ1n) is 7.71. The van der Waals surface area contributed by atoms with Gasteiger partial charge in [-0.15, -0.1) is 12.4 Å². The third-order valence-corrected chi connectivity index (χ3v) is 4.76. The first-order chi connectivity index (χ1) is 11.7. The van der Waals surface area contributed by atoms with Gasteiger partial charge >= 0.3 is 0 Å². The number of hydrogen-bond acceptors (Lipinski definition) is 5. The summed E-state index contributed by atoms with van der Waals surface area (Å²) in [6, 6.07) is 10.0. The highest BCUT2D eigenvalue weighted by molar-refractivity contribution is 14.1. The van der Waals surface area contributed by atoms with Crippen LogP contribution in [0.4, 0.5) is 0 Å². The lowest BCUT2D eigenvalue weighted by molar-refractivity contribution is 0.173. The molecule has 0 saturated carbocycles. The maximum Gasteiger partial charge on any atom is 0.231 e. The topological polar surface area (TPSA) is 49.0 Å². The predicted molar refractivity (Wildman–Crippen MR) is 107 cm³/mol. The van der Waals surface area contributed by atoms with Crippen molar-refractivity contribution in [1.82, 2.24) is 5.32 Å². The molecule has 0 amide bonds. The molecule has 136 valence electrons. The molecule has 0 unspecified atom stereocenters. The third-order valence-electron chi connectivity index (χ3n) is 3.92. The summed E-state index contributed by atoms with van der Waals surface area (Å²) >= 11 is 2.25. The average Bonchev–Trinajstić information content (AvgIpc) is 3.08. The summed E-state index contributed by atoms with van der Waals surface area (Å²) in [5, 5.41) is 3.45. The number of benzene rings is 2. The van der Waals surface area contributed by atoms with Crippen LogP contribution < -0.4 is 24.3 Å². The molecule has 0 saturated heterocycles. The number of nitrogens with one attached hydrogen (secondary N) is 1. The lowest BCUT2D eigenvalue weighted by Crippen LogP contribution is -2.17. The lowest BCUT2D eigenvalue weighted by Gasteiger charge is -2.13. The predicted octanol–water partition coefficient (Wildman–Crippen LogP) is 3.79. The Morgan fingerprint density at radius 2 is 1.88 bits per heavy atom. The van der Waals surface area contributed by atoms with Gasteiger partial charge in [0.2, 0.25) is 6.79 Å². The van der Waals surface area contributed by atoms with Crippen LogP contribution in [0.15, 0.2) is 30.3 Å². The van der Waals surface area contributed by atoms with Gasteiger partial charge in [-0.3, -0.25) is 0 Å². The molecule has 0 atom stereocenters. The molecule has 0 spiro atoms. The number of para-hydroxylation sites is 1. The first kappa shape index (κ1) is 19.9. The van der Waals surface area contributed by atoms with E-state index in [1.165, 1.54) is 0 Å². The van der Waals surface area contributed by atoms with Crippen LogP contribution in [0.25, 0.3) is 0 Å². The van der Waals surface area contributed by atoms with Crippen molar-refractivity contribution in [3.05, 3.63) is 45.0 Å². The number of methoxy groups -OCH3 is 2. The highest BCUT2D eigenvalue weighted by Gasteiger charge is 2.16. The highest BCUT2D eigenvalue weighted by Crippen LogP contribution is 2.35. The highest BCUT2D eigenvalue weighted by atomic mass is 127. The molecule has 2 aromatic rings. The Kier molecular flexibility index (Phi) is 7.46. The van der Waals surface area contributed by atoms with Crippen LogP contribution in [0.3, 0.4) is 0 Å². The van der Waals surface area contributed by atoms with E-state index in [-0.39, 0.29) is 12.4 Å². The smallest absolute Gasteiger partial charge is 0.231 e. The molecule has 0 bridgehead atoms. The fourth-order valence-corrected chi connectivity index (χ4v) is 3.35. The second kappa shape index (κ2) is 9.35. The van der Waals surface area contributed by atoms with E-state index in [1.807, 2.05) is 24.3 Å². The maximum absolute atomic E-state index is 5.53. The zero-order chi connectivity index (χ0) is 16.9. The Morgan fingerprint density at radius 3 is 2.64 bits per heavy atom. The van der Waals surface area contributed by atoms with Crippen LogP contribution in [0.1, 0.15) is 11.1 Å². The van der Waals surface area contributed by atoms with E-state index >= 15 is 0 Å². The van der Waals surface area contributed by atoms with Crippen LogP contribution in [0.5, 0.6) is 23.0 Å². The van der Waals surface area contributed by atoms with E-state index in [4.69, 9.17) is 18.9 Å². The van der Waals surface area contributed by atoms with Crippen molar-refractivity contribution in [2.75, 3.05) is 27.6 Å². The molecular formula is C18H21ClINO4. The van der Waals surface area contributed by atoms with E-state index in [0.29, 0.717) is 6.79 Å². The Balaban J connectivity index is 0.00000225. The summed E-state index contributed by atoms with van der Waals surface area (Å²) in [5.74, 6) is 3.43. The molecule has 0 aliphatic carbocycles. The Hall–Kier alpha value is -1.38. The second-order valence-electron chi connectivity index (χ2n) is 5.38. The molecular weight excluding hydrogens is 457 g/mol. The number of ether oxygens (including phenoxy) is 4. The minimum Gasteiger partial charge on any atom is -0.496 e. The summed E-state index contributed by atoms with van der Waals surface area (Å²) in [6.07, 6.45) is 0.850. The summed E-state index contributed by atoms with van der Waals surface area (Å²) < 4.78 is 22.8. The van der Waals surface area contributed by atoms with Gasteiger partial charge in [-0.2, -0.15) is 0 Å². The third kappa shape index (κ3) is 4.62. The Morgan fingerprint density at radius 1 is 1.08 bits per heavy atom. The number of hydrogen-bond donors (Lipinski definition) is 1. The van der Waals surface area contributed by atoms with Gasteiger partial charge in [0.25, 0.3) is 0 Å². The fourth-order valence-electron chi connectivity index (χ4n) is 2.70. The van der Waals surface area contributed by atoms with Crippen molar-refractivity contribution in [3.8, 4) is 23.0 Å². The van der Waals surface area contributed by atoms with Crippen molar-refractivity contribution < 1.29 is 18.9 Å². The van der Waals surface area contributed by atoms with Gasteiger partial charge in [0, 0.05) is 12.1 Å².